The highest BCUT2D eigenvalue weighted by molar-refractivity contribution is 7.19. The molecule has 4 aromatic rings. The first kappa shape index (κ1) is 17.0. The van der Waals surface area contributed by atoms with Crippen molar-refractivity contribution in [2.24, 2.45) is 0 Å². The van der Waals surface area contributed by atoms with Gasteiger partial charge in [0, 0.05) is 11.1 Å². The van der Waals surface area contributed by atoms with Gasteiger partial charge in [0.25, 0.3) is 5.91 Å². The number of rotatable bonds is 4. The number of amides is 1. The maximum absolute atomic E-state index is 12.3. The van der Waals surface area contributed by atoms with E-state index in [1.165, 1.54) is 17.1 Å². The van der Waals surface area contributed by atoms with Gasteiger partial charge in [-0.3, -0.25) is 4.79 Å². The molecule has 1 amide bonds. The fraction of sp³-hybridized carbons (Fsp3) is 0.111. The maximum Gasteiger partial charge on any atom is 0.269 e. The lowest BCUT2D eigenvalue weighted by molar-refractivity contribution is 0.103. The molecule has 0 unspecified atom stereocenters. The first-order valence-electron chi connectivity index (χ1n) is 7.84. The normalized spacial score (nSPS) is 10.8. The Balaban J connectivity index is 1.61. The summed E-state index contributed by atoms with van der Waals surface area (Å²) in [4.78, 5) is 15.1. The molecule has 0 saturated carbocycles. The molecule has 5 nitrogen and oxygen atoms in total. The van der Waals surface area contributed by atoms with E-state index in [9.17, 15) is 4.79 Å². The van der Waals surface area contributed by atoms with Gasteiger partial charge in [0.1, 0.15) is 4.88 Å². The summed E-state index contributed by atoms with van der Waals surface area (Å²) in [5, 5.41) is 7.63. The molecule has 4 rings (SSSR count). The van der Waals surface area contributed by atoms with Gasteiger partial charge in [0.2, 0.25) is 0 Å². The van der Waals surface area contributed by atoms with Crippen molar-refractivity contribution in [1.29, 1.82) is 0 Å². The van der Waals surface area contributed by atoms with Gasteiger partial charge in [-0.05, 0) is 77.9 Å². The molecule has 0 aliphatic carbocycles. The van der Waals surface area contributed by atoms with Crippen LogP contribution >= 0.6 is 34.4 Å². The molecule has 0 aliphatic rings. The van der Waals surface area contributed by atoms with E-state index < -0.39 is 0 Å². The fourth-order valence-corrected chi connectivity index (χ4v) is 4.69. The van der Waals surface area contributed by atoms with Crippen LogP contribution < -0.4 is 5.32 Å². The topological polar surface area (TPSA) is 67.8 Å². The Bertz CT molecular complexity index is 1070. The van der Waals surface area contributed by atoms with Crippen molar-refractivity contribution >= 4 is 45.3 Å². The van der Waals surface area contributed by atoms with Crippen LogP contribution in [0.4, 0.5) is 5.00 Å². The van der Waals surface area contributed by atoms with Crippen LogP contribution in [0.25, 0.3) is 20.9 Å². The molecule has 0 fully saturated rings. The molecular weight excluding hydrogens is 384 g/mol. The lowest BCUT2D eigenvalue weighted by atomic mass is 10.0. The average molecular weight is 399 g/mol. The molecule has 0 aliphatic heterocycles. The van der Waals surface area contributed by atoms with Crippen LogP contribution in [0, 0.1) is 13.8 Å². The van der Waals surface area contributed by atoms with Gasteiger partial charge < -0.3 is 5.32 Å². The van der Waals surface area contributed by atoms with Crippen LogP contribution in [0.1, 0.15) is 20.9 Å². The zero-order valence-corrected chi connectivity index (χ0v) is 16.5. The Morgan fingerprint density at radius 3 is 2.65 bits per heavy atom. The Morgan fingerprint density at radius 1 is 1.04 bits per heavy atom. The van der Waals surface area contributed by atoms with Crippen LogP contribution in [0.2, 0.25) is 0 Å². The smallest absolute Gasteiger partial charge is 0.269 e. The van der Waals surface area contributed by atoms with Crippen molar-refractivity contribution in [2.75, 3.05) is 5.32 Å². The van der Waals surface area contributed by atoms with Crippen LogP contribution in [-0.4, -0.2) is 19.9 Å². The Morgan fingerprint density at radius 2 is 1.92 bits per heavy atom. The minimum atomic E-state index is -0.166. The number of carbonyl (C=O) groups excluding carboxylic acids is 1. The van der Waals surface area contributed by atoms with Crippen molar-refractivity contribution in [3.8, 4) is 20.9 Å². The Labute approximate surface area is 162 Å². The number of aryl methyl sites for hydroxylation is 2. The van der Waals surface area contributed by atoms with E-state index in [1.54, 1.807) is 18.3 Å². The molecule has 1 aromatic carbocycles. The Hall–Kier alpha value is -2.42. The summed E-state index contributed by atoms with van der Waals surface area (Å²) >= 11 is 4.15. The molecule has 0 bridgehead atoms. The second-order valence-corrected chi connectivity index (χ2v) is 8.38. The summed E-state index contributed by atoms with van der Waals surface area (Å²) in [5.41, 5.74) is 4.16. The number of hydrogen-bond acceptors (Lipinski definition) is 7. The quantitative estimate of drug-likeness (QED) is 0.509. The summed E-state index contributed by atoms with van der Waals surface area (Å²) in [5.74, 6) is -0.166. The summed E-state index contributed by atoms with van der Waals surface area (Å²) in [7, 11) is 0. The predicted octanol–water partition coefficient (Wildman–Crippen LogP) is 5.26. The van der Waals surface area contributed by atoms with E-state index >= 15 is 0 Å². The average Bonchev–Trinajstić information content (AvgIpc) is 3.36. The van der Waals surface area contributed by atoms with Crippen molar-refractivity contribution in [3.05, 3.63) is 58.7 Å². The minimum absolute atomic E-state index is 0.166. The molecule has 8 heteroatoms. The highest BCUT2D eigenvalue weighted by Gasteiger charge is 2.15. The van der Waals surface area contributed by atoms with Crippen molar-refractivity contribution < 1.29 is 4.79 Å². The van der Waals surface area contributed by atoms with Gasteiger partial charge in [-0.2, -0.15) is 0 Å². The minimum Gasteiger partial charge on any atom is -0.313 e. The van der Waals surface area contributed by atoms with Crippen LogP contribution in [0.5, 0.6) is 0 Å². The molecule has 26 heavy (non-hydrogen) atoms. The number of carbonyl (C=O) groups is 1. The van der Waals surface area contributed by atoms with Crippen LogP contribution in [0.15, 0.2) is 42.6 Å². The first-order valence-corrected chi connectivity index (χ1v) is 10.2. The number of nitrogens with zero attached hydrogens (tertiary/aromatic N) is 3. The number of nitrogens with one attached hydrogen (secondary N) is 1. The largest absolute Gasteiger partial charge is 0.313 e. The lowest BCUT2D eigenvalue weighted by Crippen LogP contribution is -2.10. The van der Waals surface area contributed by atoms with Gasteiger partial charge >= 0.3 is 0 Å². The Kier molecular flexibility index (Phi) is 4.62. The van der Waals surface area contributed by atoms with Gasteiger partial charge in [-0.1, -0.05) is 16.6 Å². The monoisotopic (exact) mass is 398 g/mol. The molecule has 3 aromatic heterocycles. The van der Waals surface area contributed by atoms with E-state index in [4.69, 9.17) is 0 Å². The summed E-state index contributed by atoms with van der Waals surface area (Å²) < 4.78 is 7.99. The number of anilines is 1. The van der Waals surface area contributed by atoms with E-state index in [1.807, 2.05) is 24.4 Å². The van der Waals surface area contributed by atoms with Crippen LogP contribution in [0.3, 0.4) is 0 Å². The fourth-order valence-electron chi connectivity index (χ4n) is 2.56. The van der Waals surface area contributed by atoms with Gasteiger partial charge in [-0.25, -0.2) is 4.37 Å². The van der Waals surface area contributed by atoms with E-state index in [2.05, 4.69) is 44.4 Å². The highest BCUT2D eigenvalue weighted by Crippen LogP contribution is 2.36. The number of thiophene rings is 1. The van der Waals surface area contributed by atoms with Crippen molar-refractivity contribution in [3.63, 3.8) is 0 Å². The molecule has 130 valence electrons. The molecule has 3 heterocycles. The van der Waals surface area contributed by atoms with E-state index in [-0.39, 0.29) is 5.91 Å². The standard InChI is InChI=1S/C18H14N4OS3/c1-10-3-4-12(14-7-8-19-25-14)9-13(10)15-5-6-16(24-15)20-18(23)17-11(2)21-22-26-17/h3-9H,1-2H3,(H,20,23). The number of hydrogen-bond donors (Lipinski definition) is 1. The third-order valence-corrected chi connectivity index (χ3v) is 6.58. The molecule has 0 saturated heterocycles. The summed E-state index contributed by atoms with van der Waals surface area (Å²) in [6.45, 7) is 3.88. The van der Waals surface area contributed by atoms with Gasteiger partial charge in [-0.15, -0.1) is 16.4 Å². The predicted molar refractivity (Wildman–Crippen MR) is 108 cm³/mol. The maximum atomic E-state index is 12.3. The van der Waals surface area contributed by atoms with Gasteiger partial charge in [0.15, 0.2) is 0 Å². The number of aromatic nitrogens is 3. The highest BCUT2D eigenvalue weighted by atomic mass is 32.1. The molecule has 0 spiro atoms. The molecule has 0 atom stereocenters. The molecule has 0 radical (unpaired) electrons. The second-order valence-electron chi connectivity index (χ2n) is 5.71. The van der Waals surface area contributed by atoms with Crippen molar-refractivity contribution in [2.45, 2.75) is 13.8 Å². The van der Waals surface area contributed by atoms with Gasteiger partial charge in [0.05, 0.1) is 15.6 Å². The molecular formula is C18H14N4OS3. The zero-order chi connectivity index (χ0) is 18.1. The third-order valence-electron chi connectivity index (χ3n) is 3.93. The zero-order valence-electron chi connectivity index (χ0n) is 14.0. The second kappa shape index (κ2) is 7.06. The van der Waals surface area contributed by atoms with Crippen molar-refractivity contribution in [1.82, 2.24) is 14.0 Å². The SMILES string of the molecule is Cc1ccc(-c2ccns2)cc1-c1ccc(NC(=O)c2snnc2C)s1. The summed E-state index contributed by atoms with van der Waals surface area (Å²) in [6, 6.07) is 12.4. The summed E-state index contributed by atoms with van der Waals surface area (Å²) in [6.07, 6.45) is 1.81. The number of benzene rings is 1. The molecule has 1 N–H and O–H groups in total. The van der Waals surface area contributed by atoms with Crippen LogP contribution in [-0.2, 0) is 0 Å². The first-order chi connectivity index (χ1) is 12.6. The van der Waals surface area contributed by atoms with E-state index in [0.717, 1.165) is 37.4 Å². The van der Waals surface area contributed by atoms with E-state index in [0.29, 0.717) is 10.6 Å². The lowest BCUT2D eigenvalue weighted by Gasteiger charge is -2.06. The third kappa shape index (κ3) is 3.31.